The van der Waals surface area contributed by atoms with Crippen LogP contribution in [0, 0.1) is 0 Å². The minimum absolute atomic E-state index is 0.0677. The largest absolute Gasteiger partial charge is 0.411 e. The van der Waals surface area contributed by atoms with Crippen molar-refractivity contribution in [3.8, 4) is 0 Å². The van der Waals surface area contributed by atoms with Crippen molar-refractivity contribution in [2.75, 3.05) is 32.8 Å². The summed E-state index contributed by atoms with van der Waals surface area (Å²) in [5.41, 5.74) is 0. The highest BCUT2D eigenvalue weighted by Gasteiger charge is 2.27. The summed E-state index contributed by atoms with van der Waals surface area (Å²) in [5.74, 6) is 0.708. The smallest absolute Gasteiger partial charge is 0.372 e. The van der Waals surface area contributed by atoms with Gasteiger partial charge in [0.1, 0.15) is 6.61 Å². The van der Waals surface area contributed by atoms with Crippen LogP contribution in [0.4, 0.5) is 13.2 Å². The molecule has 0 rings (SSSR count). The monoisotopic (exact) mass is 297 g/mol. The molecule has 0 aliphatic heterocycles. The SMILES string of the molecule is CCCCCNC(=NCCCOCC(F)(F)F)NCC. The standard InChI is InChI=1S/C13H26F3N3O/c1-3-5-6-8-18-12(17-4-2)19-9-7-10-20-11-13(14,15)16/h3-11H2,1-2H3,(H2,17,18,19). The quantitative estimate of drug-likeness (QED) is 0.370. The van der Waals surface area contributed by atoms with E-state index in [0.29, 0.717) is 18.9 Å². The fourth-order valence-electron chi connectivity index (χ4n) is 1.47. The van der Waals surface area contributed by atoms with Crippen molar-refractivity contribution >= 4 is 5.96 Å². The molecule has 0 aliphatic carbocycles. The van der Waals surface area contributed by atoms with Crippen LogP contribution in [0.2, 0.25) is 0 Å². The highest BCUT2D eigenvalue weighted by molar-refractivity contribution is 5.79. The molecular weight excluding hydrogens is 271 g/mol. The minimum atomic E-state index is -4.25. The number of rotatable bonds is 10. The van der Waals surface area contributed by atoms with Crippen LogP contribution in [0.25, 0.3) is 0 Å². The van der Waals surface area contributed by atoms with Gasteiger partial charge in [-0.15, -0.1) is 0 Å². The van der Waals surface area contributed by atoms with Gasteiger partial charge in [0.05, 0.1) is 0 Å². The van der Waals surface area contributed by atoms with E-state index in [9.17, 15) is 13.2 Å². The molecule has 0 heterocycles. The Hall–Kier alpha value is -0.980. The van der Waals surface area contributed by atoms with Gasteiger partial charge in [-0.2, -0.15) is 13.2 Å². The number of hydrogen-bond acceptors (Lipinski definition) is 2. The summed E-state index contributed by atoms with van der Waals surface area (Å²) in [4.78, 5) is 4.28. The van der Waals surface area contributed by atoms with Gasteiger partial charge in [0.2, 0.25) is 0 Å². The lowest BCUT2D eigenvalue weighted by Gasteiger charge is -2.11. The number of halogens is 3. The average Bonchev–Trinajstić information content (AvgIpc) is 2.37. The molecule has 0 unspecified atom stereocenters. The van der Waals surface area contributed by atoms with Gasteiger partial charge in [0.25, 0.3) is 0 Å². The van der Waals surface area contributed by atoms with Crippen molar-refractivity contribution in [2.24, 2.45) is 4.99 Å². The Morgan fingerprint density at radius 1 is 1.10 bits per heavy atom. The number of ether oxygens (including phenoxy) is 1. The molecule has 0 aromatic heterocycles. The van der Waals surface area contributed by atoms with E-state index in [0.717, 1.165) is 32.4 Å². The minimum Gasteiger partial charge on any atom is -0.372 e. The van der Waals surface area contributed by atoms with Gasteiger partial charge in [-0.05, 0) is 19.8 Å². The number of aliphatic imine (C=N–C) groups is 1. The van der Waals surface area contributed by atoms with Gasteiger partial charge in [0, 0.05) is 26.2 Å². The Bertz CT molecular complexity index is 258. The van der Waals surface area contributed by atoms with Crippen molar-refractivity contribution in [3.05, 3.63) is 0 Å². The third kappa shape index (κ3) is 13.5. The zero-order valence-corrected chi connectivity index (χ0v) is 12.4. The second kappa shape index (κ2) is 11.8. The zero-order chi connectivity index (χ0) is 15.3. The van der Waals surface area contributed by atoms with Crippen LogP contribution >= 0.6 is 0 Å². The molecule has 0 amide bonds. The van der Waals surface area contributed by atoms with Crippen molar-refractivity contribution < 1.29 is 17.9 Å². The Balaban J connectivity index is 3.73. The molecule has 0 spiro atoms. The summed E-state index contributed by atoms with van der Waals surface area (Å²) in [6.07, 6.45) is -0.375. The molecule has 0 aromatic rings. The topological polar surface area (TPSA) is 45.7 Å². The van der Waals surface area contributed by atoms with E-state index in [1.807, 2.05) is 6.92 Å². The molecule has 0 aliphatic rings. The lowest BCUT2D eigenvalue weighted by atomic mass is 10.2. The number of nitrogens with zero attached hydrogens (tertiary/aromatic N) is 1. The van der Waals surface area contributed by atoms with Crippen LogP contribution < -0.4 is 10.6 Å². The van der Waals surface area contributed by atoms with Crippen molar-refractivity contribution in [1.29, 1.82) is 0 Å². The van der Waals surface area contributed by atoms with E-state index < -0.39 is 12.8 Å². The molecule has 0 saturated carbocycles. The Morgan fingerprint density at radius 2 is 1.85 bits per heavy atom. The predicted octanol–water partition coefficient (Wildman–Crippen LogP) is 2.70. The zero-order valence-electron chi connectivity index (χ0n) is 12.4. The predicted molar refractivity (Wildman–Crippen MR) is 75.0 cm³/mol. The first-order valence-corrected chi connectivity index (χ1v) is 7.16. The van der Waals surface area contributed by atoms with Crippen molar-refractivity contribution in [1.82, 2.24) is 10.6 Å². The van der Waals surface area contributed by atoms with E-state index in [4.69, 9.17) is 0 Å². The second-order valence-electron chi connectivity index (χ2n) is 4.42. The molecule has 20 heavy (non-hydrogen) atoms. The van der Waals surface area contributed by atoms with Crippen molar-refractivity contribution in [3.63, 3.8) is 0 Å². The van der Waals surface area contributed by atoms with E-state index in [2.05, 4.69) is 27.3 Å². The van der Waals surface area contributed by atoms with Crippen LogP contribution in [0.15, 0.2) is 4.99 Å². The van der Waals surface area contributed by atoms with E-state index in [1.165, 1.54) is 0 Å². The van der Waals surface area contributed by atoms with Gasteiger partial charge < -0.3 is 15.4 Å². The average molecular weight is 297 g/mol. The first-order valence-electron chi connectivity index (χ1n) is 7.16. The van der Waals surface area contributed by atoms with E-state index >= 15 is 0 Å². The van der Waals surface area contributed by atoms with Crippen LogP contribution in [-0.4, -0.2) is 45.0 Å². The van der Waals surface area contributed by atoms with Crippen LogP contribution in [-0.2, 0) is 4.74 Å². The van der Waals surface area contributed by atoms with E-state index in [-0.39, 0.29) is 6.61 Å². The molecule has 2 N–H and O–H groups in total. The molecule has 120 valence electrons. The number of hydrogen-bond donors (Lipinski definition) is 2. The third-order valence-electron chi connectivity index (χ3n) is 2.40. The molecular formula is C13H26F3N3O. The first-order chi connectivity index (χ1) is 9.49. The number of alkyl halides is 3. The summed E-state index contributed by atoms with van der Waals surface area (Å²) in [7, 11) is 0. The Labute approximate surface area is 119 Å². The summed E-state index contributed by atoms with van der Waals surface area (Å²) in [6, 6.07) is 0. The highest BCUT2D eigenvalue weighted by Crippen LogP contribution is 2.14. The van der Waals surface area contributed by atoms with Gasteiger partial charge in [0.15, 0.2) is 5.96 Å². The lowest BCUT2D eigenvalue weighted by molar-refractivity contribution is -0.173. The number of nitrogens with one attached hydrogen (secondary N) is 2. The maximum Gasteiger partial charge on any atom is 0.411 e. The maximum atomic E-state index is 11.8. The molecule has 0 fully saturated rings. The number of unbranched alkanes of at least 4 members (excludes halogenated alkanes) is 2. The van der Waals surface area contributed by atoms with Gasteiger partial charge >= 0.3 is 6.18 Å². The number of guanidine groups is 1. The van der Waals surface area contributed by atoms with Crippen LogP contribution in [0.1, 0.15) is 39.5 Å². The highest BCUT2D eigenvalue weighted by atomic mass is 19.4. The summed E-state index contributed by atoms with van der Waals surface area (Å²) < 4.78 is 40.0. The Morgan fingerprint density at radius 3 is 2.45 bits per heavy atom. The van der Waals surface area contributed by atoms with E-state index in [1.54, 1.807) is 0 Å². The normalized spacial score (nSPS) is 12.6. The summed E-state index contributed by atoms with van der Waals surface area (Å²) >= 11 is 0. The van der Waals surface area contributed by atoms with Crippen molar-refractivity contribution in [2.45, 2.75) is 45.7 Å². The molecule has 0 atom stereocenters. The second-order valence-corrected chi connectivity index (χ2v) is 4.42. The molecule has 0 saturated heterocycles. The molecule has 0 aromatic carbocycles. The summed E-state index contributed by atoms with van der Waals surface area (Å²) in [5, 5.41) is 6.28. The fraction of sp³-hybridized carbons (Fsp3) is 0.923. The van der Waals surface area contributed by atoms with Gasteiger partial charge in [-0.25, -0.2) is 0 Å². The summed E-state index contributed by atoms with van der Waals surface area (Å²) in [6.45, 7) is 5.04. The molecule has 4 nitrogen and oxygen atoms in total. The van der Waals surface area contributed by atoms with Gasteiger partial charge in [-0.3, -0.25) is 4.99 Å². The first kappa shape index (κ1) is 19.0. The molecule has 0 radical (unpaired) electrons. The molecule has 7 heteroatoms. The van der Waals surface area contributed by atoms with Crippen LogP contribution in [0.5, 0.6) is 0 Å². The van der Waals surface area contributed by atoms with Gasteiger partial charge in [-0.1, -0.05) is 19.8 Å². The van der Waals surface area contributed by atoms with Crippen LogP contribution in [0.3, 0.4) is 0 Å². The molecule has 0 bridgehead atoms. The third-order valence-corrected chi connectivity index (χ3v) is 2.40. The fourth-order valence-corrected chi connectivity index (χ4v) is 1.47. The Kier molecular flexibility index (Phi) is 11.2. The lowest BCUT2D eigenvalue weighted by Crippen LogP contribution is -2.37. The maximum absolute atomic E-state index is 11.8.